The van der Waals surface area contributed by atoms with E-state index in [2.05, 4.69) is 0 Å². The van der Waals surface area contributed by atoms with E-state index in [1.54, 1.807) is 6.07 Å². The molecule has 0 saturated heterocycles. The highest BCUT2D eigenvalue weighted by atomic mass is 19.1. The molecule has 21 heavy (non-hydrogen) atoms. The molecular formula is C16H18FNO3. The number of hydrogen-bond acceptors (Lipinski definition) is 4. The fourth-order valence-electron chi connectivity index (χ4n) is 1.78. The molecule has 2 rings (SSSR count). The Morgan fingerprint density at radius 1 is 0.905 bits per heavy atom. The lowest BCUT2D eigenvalue weighted by atomic mass is 10.3. The van der Waals surface area contributed by atoms with E-state index in [0.29, 0.717) is 23.8 Å². The van der Waals surface area contributed by atoms with Gasteiger partial charge in [0, 0.05) is 11.8 Å². The number of ether oxygens (including phenoxy) is 3. The van der Waals surface area contributed by atoms with E-state index >= 15 is 0 Å². The fraction of sp³-hybridized carbons (Fsp3) is 0.250. The Balaban J connectivity index is 1.84. The van der Waals surface area contributed by atoms with Gasteiger partial charge in [-0.15, -0.1) is 0 Å². The zero-order valence-corrected chi connectivity index (χ0v) is 11.8. The van der Waals surface area contributed by atoms with Crippen molar-refractivity contribution < 1.29 is 18.6 Å². The van der Waals surface area contributed by atoms with E-state index in [1.807, 2.05) is 31.2 Å². The van der Waals surface area contributed by atoms with Gasteiger partial charge in [-0.1, -0.05) is 12.1 Å². The molecule has 0 spiro atoms. The van der Waals surface area contributed by atoms with Gasteiger partial charge in [-0.3, -0.25) is 0 Å². The fourth-order valence-corrected chi connectivity index (χ4v) is 1.78. The highest BCUT2D eigenvalue weighted by Crippen LogP contribution is 2.26. The molecule has 0 bridgehead atoms. The Labute approximate surface area is 123 Å². The lowest BCUT2D eigenvalue weighted by Gasteiger charge is -2.12. The summed E-state index contributed by atoms with van der Waals surface area (Å²) in [6, 6.07) is 11.7. The van der Waals surface area contributed by atoms with Crippen molar-refractivity contribution in [2.75, 3.05) is 25.6 Å². The number of hydrogen-bond donors (Lipinski definition) is 1. The van der Waals surface area contributed by atoms with Crippen molar-refractivity contribution in [1.29, 1.82) is 0 Å². The van der Waals surface area contributed by atoms with Gasteiger partial charge in [0.25, 0.3) is 0 Å². The van der Waals surface area contributed by atoms with Crippen LogP contribution >= 0.6 is 0 Å². The number of halogens is 1. The van der Waals surface area contributed by atoms with Gasteiger partial charge in [0.05, 0.1) is 6.61 Å². The van der Waals surface area contributed by atoms with Crippen molar-refractivity contribution in [2.45, 2.75) is 6.92 Å². The molecule has 112 valence electrons. The van der Waals surface area contributed by atoms with Gasteiger partial charge in [-0.25, -0.2) is 4.39 Å². The monoisotopic (exact) mass is 291 g/mol. The van der Waals surface area contributed by atoms with Crippen molar-refractivity contribution in [1.82, 2.24) is 0 Å². The molecule has 5 heteroatoms. The molecule has 0 amide bonds. The van der Waals surface area contributed by atoms with Crippen molar-refractivity contribution in [3.8, 4) is 17.2 Å². The maximum atomic E-state index is 13.5. The second-order valence-corrected chi connectivity index (χ2v) is 4.27. The molecule has 0 unspecified atom stereocenters. The predicted molar refractivity (Wildman–Crippen MR) is 79.4 cm³/mol. The quantitative estimate of drug-likeness (QED) is 0.628. The van der Waals surface area contributed by atoms with Crippen LogP contribution in [0.25, 0.3) is 0 Å². The number of anilines is 1. The Kier molecular flexibility index (Phi) is 5.26. The molecule has 0 fully saturated rings. The molecule has 4 nitrogen and oxygen atoms in total. The highest BCUT2D eigenvalue weighted by molar-refractivity contribution is 5.43. The highest BCUT2D eigenvalue weighted by Gasteiger charge is 2.05. The second kappa shape index (κ2) is 7.38. The van der Waals surface area contributed by atoms with Gasteiger partial charge < -0.3 is 19.9 Å². The standard InChI is InChI=1S/C16H18FNO3/c1-2-19-15-5-3-4-6-16(15)21-10-9-20-14-8-7-12(18)11-13(14)17/h3-8,11H,2,9-10,18H2,1H3. The summed E-state index contributed by atoms with van der Waals surface area (Å²) in [5, 5.41) is 0. The summed E-state index contributed by atoms with van der Waals surface area (Å²) in [5.74, 6) is 0.995. The molecule has 2 aromatic carbocycles. The van der Waals surface area contributed by atoms with Crippen LogP contribution in [0.4, 0.5) is 10.1 Å². The molecule has 0 aliphatic carbocycles. The zero-order chi connectivity index (χ0) is 15.1. The summed E-state index contributed by atoms with van der Waals surface area (Å²) in [5.41, 5.74) is 5.83. The van der Waals surface area contributed by atoms with Crippen molar-refractivity contribution in [3.63, 3.8) is 0 Å². The van der Waals surface area contributed by atoms with Gasteiger partial charge in [-0.05, 0) is 31.2 Å². The van der Waals surface area contributed by atoms with Crippen LogP contribution in [0, 0.1) is 5.82 Å². The molecule has 0 radical (unpaired) electrons. The molecule has 0 aromatic heterocycles. The number of para-hydroxylation sites is 2. The normalized spacial score (nSPS) is 10.2. The molecule has 0 saturated carbocycles. The van der Waals surface area contributed by atoms with Crippen LogP contribution in [0.2, 0.25) is 0 Å². The zero-order valence-electron chi connectivity index (χ0n) is 11.8. The summed E-state index contributed by atoms with van der Waals surface area (Å²) < 4.78 is 29.8. The van der Waals surface area contributed by atoms with Crippen molar-refractivity contribution in [2.24, 2.45) is 0 Å². The van der Waals surface area contributed by atoms with Crippen LogP contribution in [0.1, 0.15) is 6.92 Å². The number of benzene rings is 2. The van der Waals surface area contributed by atoms with Gasteiger partial charge in [0.1, 0.15) is 13.2 Å². The van der Waals surface area contributed by atoms with Gasteiger partial charge in [-0.2, -0.15) is 0 Å². The summed E-state index contributed by atoms with van der Waals surface area (Å²) in [6.45, 7) is 2.98. The molecule has 0 heterocycles. The molecule has 2 N–H and O–H groups in total. The first-order valence-electron chi connectivity index (χ1n) is 6.73. The lowest BCUT2D eigenvalue weighted by Crippen LogP contribution is -2.10. The van der Waals surface area contributed by atoms with Gasteiger partial charge >= 0.3 is 0 Å². The van der Waals surface area contributed by atoms with Gasteiger partial charge in [0.2, 0.25) is 0 Å². The molecule has 0 aliphatic rings. The Morgan fingerprint density at radius 2 is 1.52 bits per heavy atom. The smallest absolute Gasteiger partial charge is 0.167 e. The van der Waals surface area contributed by atoms with E-state index in [-0.39, 0.29) is 19.0 Å². The summed E-state index contributed by atoms with van der Waals surface area (Å²) in [6.07, 6.45) is 0. The topological polar surface area (TPSA) is 53.7 Å². The van der Waals surface area contributed by atoms with E-state index in [1.165, 1.54) is 12.1 Å². The lowest BCUT2D eigenvalue weighted by molar-refractivity contribution is 0.203. The Hall–Kier alpha value is -2.43. The molecule has 2 aromatic rings. The average Bonchev–Trinajstić information content (AvgIpc) is 2.47. The minimum Gasteiger partial charge on any atom is -0.490 e. The van der Waals surface area contributed by atoms with Crippen LogP contribution in [-0.2, 0) is 0 Å². The van der Waals surface area contributed by atoms with Crippen LogP contribution in [0.3, 0.4) is 0 Å². The average molecular weight is 291 g/mol. The Bertz CT molecular complexity index is 589. The van der Waals surface area contributed by atoms with E-state index in [0.717, 1.165) is 0 Å². The second-order valence-electron chi connectivity index (χ2n) is 4.27. The maximum absolute atomic E-state index is 13.5. The molecular weight excluding hydrogens is 273 g/mol. The number of nitrogen functional groups attached to an aromatic ring is 1. The van der Waals surface area contributed by atoms with E-state index in [4.69, 9.17) is 19.9 Å². The maximum Gasteiger partial charge on any atom is 0.167 e. The first-order chi connectivity index (χ1) is 10.2. The SMILES string of the molecule is CCOc1ccccc1OCCOc1ccc(N)cc1F. The van der Waals surface area contributed by atoms with Crippen molar-refractivity contribution in [3.05, 3.63) is 48.3 Å². The molecule has 0 aliphatic heterocycles. The third-order valence-electron chi connectivity index (χ3n) is 2.70. The van der Waals surface area contributed by atoms with Crippen LogP contribution in [0.5, 0.6) is 17.2 Å². The third kappa shape index (κ3) is 4.27. The minimum absolute atomic E-state index is 0.158. The Morgan fingerprint density at radius 3 is 2.14 bits per heavy atom. The first kappa shape index (κ1) is 15.0. The summed E-state index contributed by atoms with van der Waals surface area (Å²) >= 11 is 0. The molecule has 0 atom stereocenters. The first-order valence-corrected chi connectivity index (χ1v) is 6.73. The van der Waals surface area contributed by atoms with Gasteiger partial charge in [0.15, 0.2) is 23.1 Å². The van der Waals surface area contributed by atoms with E-state index in [9.17, 15) is 4.39 Å². The van der Waals surface area contributed by atoms with Crippen LogP contribution in [-0.4, -0.2) is 19.8 Å². The van der Waals surface area contributed by atoms with Crippen LogP contribution in [0.15, 0.2) is 42.5 Å². The third-order valence-corrected chi connectivity index (χ3v) is 2.70. The van der Waals surface area contributed by atoms with Crippen molar-refractivity contribution >= 4 is 5.69 Å². The van der Waals surface area contributed by atoms with E-state index < -0.39 is 5.82 Å². The summed E-state index contributed by atoms with van der Waals surface area (Å²) in [4.78, 5) is 0. The predicted octanol–water partition coefficient (Wildman–Crippen LogP) is 3.26. The minimum atomic E-state index is -0.482. The summed E-state index contributed by atoms with van der Waals surface area (Å²) in [7, 11) is 0. The largest absolute Gasteiger partial charge is 0.490 e. The number of nitrogens with two attached hydrogens (primary N) is 1. The van der Waals surface area contributed by atoms with Crippen LogP contribution < -0.4 is 19.9 Å². The number of rotatable bonds is 7.